The maximum Gasteiger partial charge on any atom is 0.134 e. The molecule has 0 aliphatic carbocycles. The van der Waals surface area contributed by atoms with Crippen molar-refractivity contribution >= 4 is 10.8 Å². The first-order valence-corrected chi connectivity index (χ1v) is 11.3. The third-order valence-corrected chi connectivity index (χ3v) is 5.98. The van der Waals surface area contributed by atoms with Crippen molar-refractivity contribution in [3.05, 3.63) is 108 Å². The molecule has 0 aliphatic rings. The second-order valence-electron chi connectivity index (χ2n) is 8.34. The van der Waals surface area contributed by atoms with Crippen LogP contribution in [0.5, 0.6) is 0 Å². The number of hydrogen-bond donors (Lipinski definition) is 0. The van der Waals surface area contributed by atoms with Crippen LogP contribution in [0.4, 0.5) is 8.78 Å². The van der Waals surface area contributed by atoms with E-state index in [-0.39, 0.29) is 5.56 Å². The molecule has 0 fully saturated rings. The van der Waals surface area contributed by atoms with E-state index in [1.807, 2.05) is 36.4 Å². The monoisotopic (exact) mass is 426 g/mol. The summed E-state index contributed by atoms with van der Waals surface area (Å²) in [6.07, 6.45) is 7.03. The van der Waals surface area contributed by atoms with Crippen molar-refractivity contribution in [3.8, 4) is 22.3 Å². The summed E-state index contributed by atoms with van der Waals surface area (Å²) in [6.45, 7) is 5.92. The molecule has 0 aromatic heterocycles. The molecule has 162 valence electrons. The van der Waals surface area contributed by atoms with Gasteiger partial charge in [-0.25, -0.2) is 8.78 Å². The topological polar surface area (TPSA) is 0 Å². The van der Waals surface area contributed by atoms with E-state index < -0.39 is 11.6 Å². The summed E-state index contributed by atoms with van der Waals surface area (Å²) in [5.41, 5.74) is 4.37. The lowest BCUT2D eigenvalue weighted by Gasteiger charge is -2.11. The highest BCUT2D eigenvalue weighted by Gasteiger charge is 2.14. The average Bonchev–Trinajstić information content (AvgIpc) is 2.81. The average molecular weight is 427 g/mol. The maximum atomic E-state index is 15.0. The number of allylic oxidation sites excluding steroid dienone is 1. The minimum absolute atomic E-state index is 0.0189. The standard InChI is InChI=1S/C30H28F2/c1-3-5-7-21-9-12-23(13-10-21)30-28(31)19-27(20-29(30)32)26-16-15-24-17-22(8-6-4-2)11-14-25(24)18-26/h3,9-20H,1,4-8H2,2H3. The van der Waals surface area contributed by atoms with Crippen LogP contribution in [-0.4, -0.2) is 0 Å². The van der Waals surface area contributed by atoms with E-state index in [2.05, 4.69) is 31.7 Å². The second kappa shape index (κ2) is 9.91. The Balaban J connectivity index is 1.63. The fraction of sp³-hybridized carbons (Fsp3) is 0.200. The first-order chi connectivity index (χ1) is 15.6. The minimum atomic E-state index is -0.547. The first-order valence-electron chi connectivity index (χ1n) is 11.3. The minimum Gasteiger partial charge on any atom is -0.206 e. The van der Waals surface area contributed by atoms with E-state index in [0.29, 0.717) is 11.1 Å². The summed E-state index contributed by atoms with van der Waals surface area (Å²) in [7, 11) is 0. The molecule has 0 atom stereocenters. The lowest BCUT2D eigenvalue weighted by Crippen LogP contribution is -1.93. The van der Waals surface area contributed by atoms with E-state index in [1.54, 1.807) is 12.1 Å². The molecule has 0 bridgehead atoms. The number of fused-ring (bicyclic) bond motifs is 1. The van der Waals surface area contributed by atoms with Gasteiger partial charge in [-0.05, 0) is 82.5 Å². The number of halogens is 2. The molecule has 0 spiro atoms. The van der Waals surface area contributed by atoms with Crippen molar-refractivity contribution in [3.63, 3.8) is 0 Å². The van der Waals surface area contributed by atoms with E-state index in [9.17, 15) is 0 Å². The molecule has 32 heavy (non-hydrogen) atoms. The maximum absolute atomic E-state index is 15.0. The third kappa shape index (κ3) is 4.80. The van der Waals surface area contributed by atoms with Gasteiger partial charge in [0, 0.05) is 0 Å². The van der Waals surface area contributed by atoms with E-state index in [1.165, 1.54) is 30.5 Å². The van der Waals surface area contributed by atoms with Crippen molar-refractivity contribution in [1.82, 2.24) is 0 Å². The summed E-state index contributed by atoms with van der Waals surface area (Å²) in [4.78, 5) is 0. The summed E-state index contributed by atoms with van der Waals surface area (Å²) < 4.78 is 30.0. The number of benzene rings is 4. The number of rotatable bonds is 8. The molecule has 0 nitrogen and oxygen atoms in total. The smallest absolute Gasteiger partial charge is 0.134 e. The van der Waals surface area contributed by atoms with Gasteiger partial charge in [-0.3, -0.25) is 0 Å². The van der Waals surface area contributed by atoms with Gasteiger partial charge in [0.2, 0.25) is 0 Å². The van der Waals surface area contributed by atoms with Crippen LogP contribution in [-0.2, 0) is 12.8 Å². The Morgan fingerprint density at radius 3 is 2.00 bits per heavy atom. The van der Waals surface area contributed by atoms with Crippen LogP contribution in [0, 0.1) is 11.6 Å². The Morgan fingerprint density at radius 1 is 0.688 bits per heavy atom. The lowest BCUT2D eigenvalue weighted by molar-refractivity contribution is 0.590. The molecule has 0 radical (unpaired) electrons. The van der Waals surface area contributed by atoms with Gasteiger partial charge in [-0.1, -0.05) is 74.0 Å². The molecule has 0 amide bonds. The zero-order valence-electron chi connectivity index (χ0n) is 18.5. The van der Waals surface area contributed by atoms with Gasteiger partial charge in [0.1, 0.15) is 11.6 Å². The van der Waals surface area contributed by atoms with Gasteiger partial charge in [-0.2, -0.15) is 0 Å². The van der Waals surface area contributed by atoms with Crippen molar-refractivity contribution in [1.29, 1.82) is 0 Å². The third-order valence-electron chi connectivity index (χ3n) is 5.98. The van der Waals surface area contributed by atoms with Crippen LogP contribution in [0.3, 0.4) is 0 Å². The molecule has 0 aliphatic heterocycles. The quantitative estimate of drug-likeness (QED) is 0.247. The Hall–Kier alpha value is -3.26. The molecule has 0 saturated carbocycles. The van der Waals surface area contributed by atoms with Gasteiger partial charge in [0.05, 0.1) is 5.56 Å². The van der Waals surface area contributed by atoms with Gasteiger partial charge in [0.25, 0.3) is 0 Å². The molecular weight excluding hydrogens is 398 g/mol. The molecule has 4 aromatic carbocycles. The highest BCUT2D eigenvalue weighted by molar-refractivity contribution is 5.88. The molecule has 0 N–H and O–H groups in total. The summed E-state index contributed by atoms with van der Waals surface area (Å²) in [6, 6.07) is 22.7. The van der Waals surface area contributed by atoms with Gasteiger partial charge in [0.15, 0.2) is 0 Å². The summed E-state index contributed by atoms with van der Waals surface area (Å²) in [5.74, 6) is -1.09. The van der Waals surface area contributed by atoms with Crippen LogP contribution >= 0.6 is 0 Å². The van der Waals surface area contributed by atoms with Crippen LogP contribution < -0.4 is 0 Å². The number of unbranched alkanes of at least 4 members (excludes halogenated alkanes) is 1. The summed E-state index contributed by atoms with van der Waals surface area (Å²) >= 11 is 0. The van der Waals surface area contributed by atoms with Crippen LogP contribution in [0.25, 0.3) is 33.0 Å². The van der Waals surface area contributed by atoms with E-state index in [4.69, 9.17) is 0 Å². The van der Waals surface area contributed by atoms with Gasteiger partial charge < -0.3 is 0 Å². The summed E-state index contributed by atoms with van der Waals surface area (Å²) in [5, 5.41) is 2.22. The molecular formula is C30H28F2. The molecule has 4 rings (SSSR count). The van der Waals surface area contributed by atoms with E-state index >= 15 is 8.78 Å². The zero-order valence-corrected chi connectivity index (χ0v) is 18.5. The Labute approximate surface area is 189 Å². The highest BCUT2D eigenvalue weighted by atomic mass is 19.1. The van der Waals surface area contributed by atoms with Crippen molar-refractivity contribution in [2.45, 2.75) is 39.0 Å². The Bertz CT molecular complexity index is 1210. The molecule has 4 aromatic rings. The van der Waals surface area contributed by atoms with Gasteiger partial charge in [-0.15, -0.1) is 6.58 Å². The molecule has 0 saturated heterocycles. The highest BCUT2D eigenvalue weighted by Crippen LogP contribution is 2.33. The predicted molar refractivity (Wildman–Crippen MR) is 132 cm³/mol. The molecule has 0 unspecified atom stereocenters. The molecule has 0 heterocycles. The molecule has 2 heteroatoms. The van der Waals surface area contributed by atoms with Crippen LogP contribution in [0.2, 0.25) is 0 Å². The predicted octanol–water partition coefficient (Wildman–Crippen LogP) is 8.91. The number of aryl methyl sites for hydroxylation is 2. The van der Waals surface area contributed by atoms with Crippen LogP contribution in [0.15, 0.2) is 85.5 Å². The Morgan fingerprint density at radius 2 is 1.31 bits per heavy atom. The largest absolute Gasteiger partial charge is 0.206 e. The number of hydrogen-bond acceptors (Lipinski definition) is 0. The first kappa shape index (κ1) is 22.0. The van der Waals surface area contributed by atoms with Crippen molar-refractivity contribution < 1.29 is 8.78 Å². The van der Waals surface area contributed by atoms with Gasteiger partial charge >= 0.3 is 0 Å². The second-order valence-corrected chi connectivity index (χ2v) is 8.34. The van der Waals surface area contributed by atoms with Crippen LogP contribution in [0.1, 0.15) is 37.3 Å². The zero-order chi connectivity index (χ0) is 22.5. The Kier molecular flexibility index (Phi) is 6.80. The fourth-order valence-corrected chi connectivity index (χ4v) is 4.13. The normalized spacial score (nSPS) is 11.1. The fourth-order valence-electron chi connectivity index (χ4n) is 4.13. The van der Waals surface area contributed by atoms with Crippen molar-refractivity contribution in [2.24, 2.45) is 0 Å². The lowest BCUT2D eigenvalue weighted by atomic mass is 9.95. The SMILES string of the molecule is C=CCCc1ccc(-c2c(F)cc(-c3ccc4cc(CCCC)ccc4c3)cc2F)cc1. The van der Waals surface area contributed by atoms with Crippen molar-refractivity contribution in [2.75, 3.05) is 0 Å². The van der Waals surface area contributed by atoms with E-state index in [0.717, 1.165) is 41.2 Å².